The Morgan fingerprint density at radius 2 is 1.92 bits per heavy atom. The third-order valence-electron chi connectivity index (χ3n) is 1.79. The van der Waals surface area contributed by atoms with Crippen molar-refractivity contribution >= 4 is 16.2 Å². The molecule has 12 heavy (non-hydrogen) atoms. The van der Waals surface area contributed by atoms with Crippen LogP contribution in [0.5, 0.6) is 0 Å². The first-order valence-electron chi connectivity index (χ1n) is 4.48. The van der Waals surface area contributed by atoms with E-state index in [9.17, 15) is 0 Å². The van der Waals surface area contributed by atoms with Crippen LogP contribution >= 0.6 is 0 Å². The summed E-state index contributed by atoms with van der Waals surface area (Å²) < 4.78 is 0. The van der Waals surface area contributed by atoms with Gasteiger partial charge in [0.05, 0.1) is 0 Å². The number of guanidine groups is 1. The summed E-state index contributed by atoms with van der Waals surface area (Å²) in [5.41, 5.74) is 0. The van der Waals surface area contributed by atoms with Gasteiger partial charge in [-0.3, -0.25) is 4.99 Å². The predicted molar refractivity (Wildman–Crippen MR) is 59.0 cm³/mol. The Kier molecular flexibility index (Phi) is 5.79. The van der Waals surface area contributed by atoms with E-state index in [0.29, 0.717) is 0 Å². The van der Waals surface area contributed by atoms with Crippen molar-refractivity contribution in [1.29, 1.82) is 0 Å². The molecule has 0 N–H and O–H groups in total. The summed E-state index contributed by atoms with van der Waals surface area (Å²) in [6.07, 6.45) is 1.29. The van der Waals surface area contributed by atoms with Crippen molar-refractivity contribution < 1.29 is 0 Å². The van der Waals surface area contributed by atoms with Gasteiger partial charge in [-0.25, -0.2) is 0 Å². The second-order valence-electron chi connectivity index (χ2n) is 3.19. The van der Waals surface area contributed by atoms with E-state index in [-0.39, 0.29) is 0 Å². The maximum Gasteiger partial charge on any atom is 0.195 e. The number of rotatable bonds is 3. The molecule has 0 aromatic heterocycles. The van der Waals surface area contributed by atoms with Crippen molar-refractivity contribution in [2.24, 2.45) is 4.99 Å². The Balaban J connectivity index is 3.96. The van der Waals surface area contributed by atoms with Crippen LogP contribution in [-0.4, -0.2) is 60.7 Å². The molecule has 0 spiro atoms. The lowest BCUT2D eigenvalue weighted by atomic mass is 10.4. The smallest absolute Gasteiger partial charge is 0.195 e. The zero-order valence-corrected chi connectivity index (χ0v) is 11.0. The molecule has 0 radical (unpaired) electrons. The zero-order chi connectivity index (χ0) is 9.56. The summed E-state index contributed by atoms with van der Waals surface area (Å²) >= 11 is 0. The lowest BCUT2D eigenvalue weighted by Gasteiger charge is -2.25. The summed E-state index contributed by atoms with van der Waals surface area (Å²) in [5.74, 6) is 1.06. The van der Waals surface area contributed by atoms with E-state index >= 15 is 0 Å². The van der Waals surface area contributed by atoms with Crippen LogP contribution in [0.25, 0.3) is 0 Å². The van der Waals surface area contributed by atoms with E-state index < -0.39 is 0 Å². The van der Waals surface area contributed by atoms with Crippen molar-refractivity contribution in [3.8, 4) is 0 Å². The highest BCUT2D eigenvalue weighted by molar-refractivity contribution is 6.08. The minimum atomic E-state index is 1.06. The lowest BCUT2D eigenvalue weighted by molar-refractivity contribution is 0.422. The predicted octanol–water partition coefficient (Wildman–Crippen LogP) is -0.361. The summed E-state index contributed by atoms with van der Waals surface area (Å²) in [4.78, 5) is 8.48. The molecule has 0 rings (SSSR count). The molecule has 0 unspecified atom stereocenters. The Morgan fingerprint density at radius 3 is 2.25 bits per heavy atom. The molecule has 4 heteroatoms. The standard InChI is InChI=1S/C8H21N3Si/c1-9-8(10(2)3)11(4)6-5-7-12/h5-7H2,1-4,12H3. The summed E-state index contributed by atoms with van der Waals surface area (Å²) in [6, 6.07) is 1.37. The van der Waals surface area contributed by atoms with Crippen LogP contribution in [0, 0.1) is 0 Å². The van der Waals surface area contributed by atoms with Crippen molar-refractivity contribution in [2.45, 2.75) is 12.5 Å². The van der Waals surface area contributed by atoms with E-state index in [1.165, 1.54) is 22.7 Å². The first kappa shape index (κ1) is 11.5. The molecule has 0 aromatic carbocycles. The Hall–Kier alpha value is -0.513. The molecular formula is C8H21N3Si. The summed E-state index contributed by atoms with van der Waals surface area (Å²) in [7, 11) is 9.30. The van der Waals surface area contributed by atoms with Crippen LogP contribution in [0.2, 0.25) is 6.04 Å². The molecule has 0 aliphatic rings. The molecule has 0 aromatic rings. The van der Waals surface area contributed by atoms with Crippen LogP contribution < -0.4 is 0 Å². The fraction of sp³-hybridized carbons (Fsp3) is 0.875. The molecule has 0 heterocycles. The van der Waals surface area contributed by atoms with Crippen LogP contribution in [-0.2, 0) is 0 Å². The van der Waals surface area contributed by atoms with Crippen LogP contribution in [0.3, 0.4) is 0 Å². The minimum Gasteiger partial charge on any atom is -0.349 e. The molecule has 0 fully saturated rings. The largest absolute Gasteiger partial charge is 0.349 e. The molecule has 0 atom stereocenters. The molecule has 0 saturated heterocycles. The average Bonchev–Trinajstić information content (AvgIpc) is 2.01. The molecule has 3 nitrogen and oxygen atoms in total. The quantitative estimate of drug-likeness (QED) is 0.341. The molecule has 72 valence electrons. The number of hydrogen-bond acceptors (Lipinski definition) is 1. The topological polar surface area (TPSA) is 18.8 Å². The van der Waals surface area contributed by atoms with E-state index in [4.69, 9.17) is 0 Å². The van der Waals surface area contributed by atoms with Crippen molar-refractivity contribution in [2.75, 3.05) is 34.7 Å². The third kappa shape index (κ3) is 3.76. The second-order valence-corrected chi connectivity index (χ2v) is 4.19. The Bertz CT molecular complexity index is 145. The van der Waals surface area contributed by atoms with Crippen LogP contribution in [0.1, 0.15) is 6.42 Å². The first-order valence-corrected chi connectivity index (χ1v) is 5.90. The molecule has 0 saturated carbocycles. The number of aliphatic imine (C=N–C) groups is 1. The summed E-state index contributed by atoms with van der Waals surface area (Å²) in [5, 5.41) is 0. The van der Waals surface area contributed by atoms with Gasteiger partial charge in [0.2, 0.25) is 0 Å². The highest BCUT2D eigenvalue weighted by Crippen LogP contribution is 1.95. The SMILES string of the molecule is CN=C(N(C)C)N(C)CCC[SiH3]. The Morgan fingerprint density at radius 1 is 1.33 bits per heavy atom. The zero-order valence-electron chi connectivity index (χ0n) is 8.96. The van der Waals surface area contributed by atoms with Gasteiger partial charge >= 0.3 is 0 Å². The fourth-order valence-corrected chi connectivity index (χ4v) is 1.52. The van der Waals surface area contributed by atoms with Crippen molar-refractivity contribution in [3.05, 3.63) is 0 Å². The minimum absolute atomic E-state index is 1.06. The Labute approximate surface area is 78.9 Å². The second kappa shape index (κ2) is 6.05. The molecule has 0 aliphatic carbocycles. The fourth-order valence-electron chi connectivity index (χ4n) is 1.21. The highest BCUT2D eigenvalue weighted by Gasteiger charge is 2.05. The van der Waals surface area contributed by atoms with Gasteiger partial charge in [0.25, 0.3) is 0 Å². The van der Waals surface area contributed by atoms with E-state index in [2.05, 4.69) is 16.9 Å². The molecule has 0 amide bonds. The normalized spacial score (nSPS) is 11.8. The van der Waals surface area contributed by atoms with Crippen molar-refractivity contribution in [1.82, 2.24) is 9.80 Å². The van der Waals surface area contributed by atoms with Gasteiger partial charge in [0.1, 0.15) is 0 Å². The van der Waals surface area contributed by atoms with Gasteiger partial charge in [-0.2, -0.15) is 0 Å². The maximum absolute atomic E-state index is 4.22. The van der Waals surface area contributed by atoms with Gasteiger partial charge in [-0.15, -0.1) is 0 Å². The van der Waals surface area contributed by atoms with Gasteiger partial charge < -0.3 is 9.80 Å². The first-order chi connectivity index (χ1) is 5.63. The van der Waals surface area contributed by atoms with Crippen LogP contribution in [0.15, 0.2) is 4.99 Å². The number of nitrogens with zero attached hydrogens (tertiary/aromatic N) is 3. The van der Waals surface area contributed by atoms with Gasteiger partial charge in [0.15, 0.2) is 5.96 Å². The maximum atomic E-state index is 4.22. The molecule has 0 aliphatic heterocycles. The van der Waals surface area contributed by atoms with E-state index in [1.807, 2.05) is 26.0 Å². The van der Waals surface area contributed by atoms with Gasteiger partial charge in [-0.05, 0) is 6.42 Å². The van der Waals surface area contributed by atoms with E-state index in [0.717, 1.165) is 12.5 Å². The summed E-state index contributed by atoms with van der Waals surface area (Å²) in [6.45, 7) is 1.12. The van der Waals surface area contributed by atoms with Gasteiger partial charge in [0, 0.05) is 45.0 Å². The highest BCUT2D eigenvalue weighted by atomic mass is 28.1. The molecule has 0 bridgehead atoms. The van der Waals surface area contributed by atoms with Gasteiger partial charge in [-0.1, -0.05) is 6.04 Å². The average molecular weight is 187 g/mol. The third-order valence-corrected chi connectivity index (χ3v) is 2.50. The monoisotopic (exact) mass is 187 g/mol. The lowest BCUT2D eigenvalue weighted by Crippen LogP contribution is -2.38. The molecular weight excluding hydrogens is 166 g/mol. The van der Waals surface area contributed by atoms with E-state index in [1.54, 1.807) is 0 Å². The van der Waals surface area contributed by atoms with Crippen molar-refractivity contribution in [3.63, 3.8) is 0 Å². The van der Waals surface area contributed by atoms with Crippen LogP contribution in [0.4, 0.5) is 0 Å². The number of hydrogen-bond donors (Lipinski definition) is 0.